The lowest BCUT2D eigenvalue weighted by Crippen LogP contribution is -2.32. The Morgan fingerprint density at radius 2 is 1.55 bits per heavy atom. The number of imidazole rings is 1. The van der Waals surface area contributed by atoms with Gasteiger partial charge in [0.15, 0.2) is 0 Å². The van der Waals surface area contributed by atoms with Crippen LogP contribution in [0.15, 0.2) is 97.1 Å². The number of amides is 3. The molecule has 0 spiro atoms. The van der Waals surface area contributed by atoms with Crippen molar-refractivity contribution < 1.29 is 37.1 Å². The zero-order valence-corrected chi connectivity index (χ0v) is 26.4. The molecule has 1 aliphatic heterocycles. The summed E-state index contributed by atoms with van der Waals surface area (Å²) in [6.07, 6.45) is -2.75. The first kappa shape index (κ1) is 33.1. The molecule has 0 unspecified atom stereocenters. The molecule has 9 nitrogen and oxygen atoms in total. The Morgan fingerprint density at radius 1 is 0.857 bits per heavy atom. The molecule has 4 aromatic carbocycles. The number of anilines is 1. The lowest BCUT2D eigenvalue weighted by atomic mass is 9.98. The van der Waals surface area contributed by atoms with Crippen LogP contribution in [0, 0.1) is 0 Å². The maximum atomic E-state index is 13.4. The maximum absolute atomic E-state index is 13.4. The quantitative estimate of drug-likeness (QED) is 0.0879. The number of unbranched alkanes of at least 4 members (excludes halogenated alkanes) is 1. The number of nitrogens with zero attached hydrogens (tertiary/aromatic N) is 4. The second kappa shape index (κ2) is 13.8. The molecule has 49 heavy (non-hydrogen) atoms. The van der Waals surface area contributed by atoms with E-state index in [-0.39, 0.29) is 18.0 Å². The zero-order chi connectivity index (χ0) is 34.7. The highest BCUT2D eigenvalue weighted by molar-refractivity contribution is 6.20. The first-order chi connectivity index (χ1) is 23.5. The van der Waals surface area contributed by atoms with E-state index in [4.69, 9.17) is 4.98 Å². The molecule has 12 heteroatoms. The number of aryl methyl sites for hydroxylation is 1. The Morgan fingerprint density at radius 3 is 2.27 bits per heavy atom. The fraction of sp³-hybridized carbons (Fsp3) is 0.216. The summed E-state index contributed by atoms with van der Waals surface area (Å²) in [5, 5.41) is 0. The van der Waals surface area contributed by atoms with E-state index in [1.165, 1.54) is 21.9 Å². The summed E-state index contributed by atoms with van der Waals surface area (Å²) >= 11 is 0. The molecule has 0 N–H and O–H groups in total. The molecule has 0 radical (unpaired) electrons. The molecule has 0 aliphatic carbocycles. The van der Waals surface area contributed by atoms with Crippen LogP contribution in [0.1, 0.15) is 47.1 Å². The third-order valence-electron chi connectivity index (χ3n) is 8.25. The molecule has 250 valence electrons. The van der Waals surface area contributed by atoms with E-state index in [1.807, 2.05) is 47.0 Å². The van der Waals surface area contributed by atoms with Crippen molar-refractivity contribution in [2.75, 3.05) is 11.4 Å². The van der Waals surface area contributed by atoms with Gasteiger partial charge in [-0.2, -0.15) is 13.2 Å². The van der Waals surface area contributed by atoms with Gasteiger partial charge in [-0.1, -0.05) is 86.1 Å². The van der Waals surface area contributed by atoms with Gasteiger partial charge in [-0.15, -0.1) is 0 Å². The van der Waals surface area contributed by atoms with Crippen LogP contribution in [-0.2, 0) is 33.8 Å². The highest BCUT2D eigenvalue weighted by Gasteiger charge is 2.43. The minimum absolute atomic E-state index is 0.0292. The summed E-state index contributed by atoms with van der Waals surface area (Å²) in [5.74, 6) is -3.47. The summed E-state index contributed by atoms with van der Waals surface area (Å²) in [5.41, 5.74) is 4.35. The SMILES string of the molecule is CCCCc1nc2ccc(N3C(=O)CN(Cc4ccccc4)C3=O)cc2n1Cc1ccc(-c2ccccc2C(=O)OC(=O)C(F)(F)F)cc1. The Balaban J connectivity index is 1.27. The number of rotatable bonds is 10. The molecule has 0 atom stereocenters. The predicted octanol–water partition coefficient (Wildman–Crippen LogP) is 7.31. The predicted molar refractivity (Wildman–Crippen MR) is 176 cm³/mol. The summed E-state index contributed by atoms with van der Waals surface area (Å²) < 4.78 is 44.2. The van der Waals surface area contributed by atoms with Crippen molar-refractivity contribution in [3.8, 4) is 11.1 Å². The molecule has 2 heterocycles. The maximum Gasteiger partial charge on any atom is 0.491 e. The van der Waals surface area contributed by atoms with Crippen LogP contribution in [-0.4, -0.2) is 51.0 Å². The van der Waals surface area contributed by atoms with Crippen molar-refractivity contribution in [1.29, 1.82) is 0 Å². The van der Waals surface area contributed by atoms with E-state index in [1.54, 1.807) is 42.5 Å². The third-order valence-corrected chi connectivity index (χ3v) is 8.25. The van der Waals surface area contributed by atoms with E-state index >= 15 is 0 Å². The van der Waals surface area contributed by atoms with Crippen LogP contribution in [0.3, 0.4) is 0 Å². The molecule has 1 saturated heterocycles. The third kappa shape index (κ3) is 7.08. The molecule has 0 saturated carbocycles. The van der Waals surface area contributed by atoms with E-state index in [2.05, 4.69) is 11.7 Å². The standard InChI is InChI=1S/C37H31F3N4O5/c1-2-3-13-32-41-30-19-18-27(44-33(45)23-42(36(44)48)21-24-9-5-4-6-10-24)20-31(30)43(32)22-25-14-16-26(17-15-25)28-11-7-8-12-29(28)34(46)49-35(47)37(38,39)40/h4-12,14-20H,2-3,13,21-23H2,1H3. The van der Waals surface area contributed by atoms with Gasteiger partial charge >= 0.3 is 24.1 Å². The Kier molecular flexibility index (Phi) is 9.30. The molecular weight excluding hydrogens is 637 g/mol. The number of hydrogen-bond acceptors (Lipinski definition) is 6. The molecular formula is C37H31F3N4O5. The molecule has 1 aromatic heterocycles. The van der Waals surface area contributed by atoms with Crippen LogP contribution in [0.5, 0.6) is 0 Å². The average Bonchev–Trinajstić information content (AvgIpc) is 3.57. The number of aromatic nitrogens is 2. The second-order valence-corrected chi connectivity index (χ2v) is 11.7. The minimum Gasteiger partial charge on any atom is -0.383 e. The van der Waals surface area contributed by atoms with Gasteiger partial charge in [0.1, 0.15) is 12.4 Å². The largest absolute Gasteiger partial charge is 0.491 e. The average molecular weight is 669 g/mol. The normalized spacial score (nSPS) is 13.4. The number of fused-ring (bicyclic) bond motifs is 1. The Hall–Kier alpha value is -5.78. The van der Waals surface area contributed by atoms with Crippen LogP contribution >= 0.6 is 0 Å². The number of carbonyl (C=O) groups is 4. The van der Waals surface area contributed by atoms with Crippen molar-refractivity contribution in [2.45, 2.75) is 45.5 Å². The zero-order valence-electron chi connectivity index (χ0n) is 26.4. The van der Waals surface area contributed by atoms with Gasteiger partial charge in [-0.3, -0.25) is 4.79 Å². The number of esters is 2. The summed E-state index contributed by atoms with van der Waals surface area (Å²) in [6, 6.07) is 27.5. The van der Waals surface area contributed by atoms with Crippen molar-refractivity contribution in [2.24, 2.45) is 0 Å². The number of hydrogen-bond donors (Lipinski definition) is 0. The summed E-state index contributed by atoms with van der Waals surface area (Å²) in [4.78, 5) is 57.8. The van der Waals surface area contributed by atoms with Crippen LogP contribution in [0.2, 0.25) is 0 Å². The number of urea groups is 1. The van der Waals surface area contributed by atoms with E-state index in [0.29, 0.717) is 41.8 Å². The number of carbonyl (C=O) groups excluding carboxylic acids is 4. The fourth-order valence-corrected chi connectivity index (χ4v) is 5.82. The van der Waals surface area contributed by atoms with E-state index in [0.717, 1.165) is 35.3 Å². The molecule has 0 bridgehead atoms. The Labute approximate surface area is 279 Å². The van der Waals surface area contributed by atoms with E-state index < -0.39 is 24.1 Å². The first-order valence-corrected chi connectivity index (χ1v) is 15.7. The molecule has 1 aliphatic rings. The highest BCUT2D eigenvalue weighted by atomic mass is 19.4. The first-order valence-electron chi connectivity index (χ1n) is 15.7. The lowest BCUT2D eigenvalue weighted by molar-refractivity contribution is -0.193. The van der Waals surface area contributed by atoms with Crippen molar-refractivity contribution in [3.05, 3.63) is 120 Å². The van der Waals surface area contributed by atoms with Gasteiger partial charge in [-0.05, 0) is 52.9 Å². The van der Waals surface area contributed by atoms with Gasteiger partial charge in [0, 0.05) is 19.5 Å². The van der Waals surface area contributed by atoms with Gasteiger partial charge < -0.3 is 14.2 Å². The number of imide groups is 1. The van der Waals surface area contributed by atoms with Crippen LogP contribution in [0.25, 0.3) is 22.2 Å². The van der Waals surface area contributed by atoms with Crippen molar-refractivity contribution in [1.82, 2.24) is 14.5 Å². The number of ether oxygens (including phenoxy) is 1. The van der Waals surface area contributed by atoms with Gasteiger partial charge in [0.05, 0.1) is 22.3 Å². The fourth-order valence-electron chi connectivity index (χ4n) is 5.82. The van der Waals surface area contributed by atoms with Crippen molar-refractivity contribution >= 4 is 40.6 Å². The highest BCUT2D eigenvalue weighted by Crippen LogP contribution is 2.30. The van der Waals surface area contributed by atoms with E-state index in [9.17, 15) is 32.3 Å². The Bertz CT molecular complexity index is 2040. The molecule has 3 amide bonds. The van der Waals surface area contributed by atoms with Crippen LogP contribution in [0.4, 0.5) is 23.7 Å². The number of benzene rings is 4. The molecule has 5 aromatic rings. The van der Waals surface area contributed by atoms with Gasteiger partial charge in [0.25, 0.3) is 5.91 Å². The summed E-state index contributed by atoms with van der Waals surface area (Å²) in [6.45, 7) is 2.77. The lowest BCUT2D eigenvalue weighted by Gasteiger charge is -2.18. The minimum atomic E-state index is -5.30. The van der Waals surface area contributed by atoms with Crippen LogP contribution < -0.4 is 4.90 Å². The monoisotopic (exact) mass is 668 g/mol. The topological polar surface area (TPSA) is 102 Å². The molecule has 6 rings (SSSR count). The number of halogens is 3. The number of alkyl halides is 3. The smallest absolute Gasteiger partial charge is 0.383 e. The molecule has 1 fully saturated rings. The summed E-state index contributed by atoms with van der Waals surface area (Å²) in [7, 11) is 0. The van der Waals surface area contributed by atoms with Gasteiger partial charge in [0.2, 0.25) is 0 Å². The second-order valence-electron chi connectivity index (χ2n) is 11.7. The van der Waals surface area contributed by atoms with Gasteiger partial charge in [-0.25, -0.2) is 24.3 Å². The van der Waals surface area contributed by atoms with Crippen molar-refractivity contribution in [3.63, 3.8) is 0 Å².